The van der Waals surface area contributed by atoms with Crippen LogP contribution in [0.5, 0.6) is 5.75 Å². The number of amides is 2. The molecule has 0 saturated heterocycles. The predicted molar refractivity (Wildman–Crippen MR) is 106 cm³/mol. The van der Waals surface area contributed by atoms with Gasteiger partial charge >= 0.3 is 6.03 Å². The Morgan fingerprint density at radius 3 is 2.70 bits per heavy atom. The molecule has 0 fully saturated rings. The second-order valence-corrected chi connectivity index (χ2v) is 6.92. The fourth-order valence-electron chi connectivity index (χ4n) is 3.46. The summed E-state index contributed by atoms with van der Waals surface area (Å²) in [4.78, 5) is 12.6. The average molecular weight is 361 g/mol. The number of carbonyl (C=O) groups is 1. The largest absolute Gasteiger partial charge is 0.497 e. The lowest BCUT2D eigenvalue weighted by atomic mass is 9.69. The number of nitriles is 1. The fourth-order valence-corrected chi connectivity index (χ4v) is 3.46. The molecule has 0 heterocycles. The predicted octanol–water partition coefficient (Wildman–Crippen LogP) is 4.72. The summed E-state index contributed by atoms with van der Waals surface area (Å²) in [6, 6.07) is 17.0. The lowest BCUT2D eigenvalue weighted by Gasteiger charge is -2.35. The molecule has 0 spiro atoms. The van der Waals surface area contributed by atoms with Crippen molar-refractivity contribution in [3.63, 3.8) is 0 Å². The van der Waals surface area contributed by atoms with Gasteiger partial charge in [-0.3, -0.25) is 0 Å². The van der Waals surface area contributed by atoms with Crippen LogP contribution in [-0.2, 0) is 6.42 Å². The van der Waals surface area contributed by atoms with Gasteiger partial charge in [0.2, 0.25) is 0 Å². The van der Waals surface area contributed by atoms with Crippen LogP contribution in [0, 0.1) is 16.7 Å². The zero-order valence-corrected chi connectivity index (χ0v) is 15.8. The number of nitrogens with one attached hydrogen (secondary N) is 2. The number of methoxy groups -OCH3 is 1. The Balaban J connectivity index is 1.94. The summed E-state index contributed by atoms with van der Waals surface area (Å²) < 4.78 is 5.19. The second-order valence-electron chi connectivity index (χ2n) is 6.92. The SMILES string of the molecule is CC[C@]1(C)Cc2ccccc2C(NC(=O)Nc2cccc(OC)c2)=C1C#N. The third-order valence-electron chi connectivity index (χ3n) is 5.18. The lowest BCUT2D eigenvalue weighted by Crippen LogP contribution is -2.35. The Bertz CT molecular complexity index is 943. The lowest BCUT2D eigenvalue weighted by molar-refractivity contribution is 0.255. The van der Waals surface area contributed by atoms with E-state index in [1.807, 2.05) is 24.3 Å². The zero-order valence-electron chi connectivity index (χ0n) is 15.8. The van der Waals surface area contributed by atoms with E-state index in [-0.39, 0.29) is 11.4 Å². The molecule has 27 heavy (non-hydrogen) atoms. The Hall–Kier alpha value is -3.26. The molecule has 0 aromatic heterocycles. The molecule has 3 rings (SSSR count). The molecule has 1 aliphatic carbocycles. The van der Waals surface area contributed by atoms with Gasteiger partial charge in [-0.1, -0.05) is 44.2 Å². The molecule has 5 heteroatoms. The zero-order chi connectivity index (χ0) is 19.4. The molecular formula is C22H23N3O2. The molecule has 0 aliphatic heterocycles. The molecule has 138 valence electrons. The van der Waals surface area contributed by atoms with Gasteiger partial charge in [0.25, 0.3) is 0 Å². The van der Waals surface area contributed by atoms with Crippen molar-refractivity contribution in [2.24, 2.45) is 5.41 Å². The second kappa shape index (κ2) is 7.55. The summed E-state index contributed by atoms with van der Waals surface area (Å²) in [5.74, 6) is 0.659. The molecule has 1 atom stereocenters. The first-order valence-corrected chi connectivity index (χ1v) is 8.96. The van der Waals surface area contributed by atoms with Gasteiger partial charge in [-0.2, -0.15) is 5.26 Å². The fraction of sp³-hybridized carbons (Fsp3) is 0.273. The van der Waals surface area contributed by atoms with E-state index in [1.165, 1.54) is 0 Å². The molecule has 0 unspecified atom stereocenters. The maximum atomic E-state index is 12.6. The molecule has 1 aliphatic rings. The number of carbonyl (C=O) groups excluding carboxylic acids is 1. The van der Waals surface area contributed by atoms with Crippen molar-refractivity contribution >= 4 is 17.4 Å². The summed E-state index contributed by atoms with van der Waals surface area (Å²) >= 11 is 0. The van der Waals surface area contributed by atoms with E-state index in [0.29, 0.717) is 22.7 Å². The molecule has 2 aromatic rings. The highest BCUT2D eigenvalue weighted by Crippen LogP contribution is 2.43. The molecule has 2 N–H and O–H groups in total. The number of benzene rings is 2. The maximum Gasteiger partial charge on any atom is 0.323 e. The highest BCUT2D eigenvalue weighted by molar-refractivity contribution is 5.97. The van der Waals surface area contributed by atoms with E-state index >= 15 is 0 Å². The minimum absolute atomic E-state index is 0.304. The van der Waals surface area contributed by atoms with Gasteiger partial charge in [0.05, 0.1) is 24.4 Å². The van der Waals surface area contributed by atoms with Gasteiger partial charge in [0.15, 0.2) is 0 Å². The summed E-state index contributed by atoms with van der Waals surface area (Å²) in [5, 5.41) is 15.6. The van der Waals surface area contributed by atoms with E-state index in [9.17, 15) is 10.1 Å². The third kappa shape index (κ3) is 3.65. The van der Waals surface area contributed by atoms with Gasteiger partial charge in [-0.25, -0.2) is 4.79 Å². The number of anilines is 1. The van der Waals surface area contributed by atoms with Gasteiger partial charge < -0.3 is 15.4 Å². The number of fused-ring (bicyclic) bond motifs is 1. The van der Waals surface area contributed by atoms with E-state index in [2.05, 4.69) is 36.6 Å². The minimum atomic E-state index is -0.388. The topological polar surface area (TPSA) is 74.2 Å². The normalized spacial score (nSPS) is 18.3. The Labute approximate surface area is 159 Å². The average Bonchev–Trinajstić information content (AvgIpc) is 2.68. The standard InChI is InChI=1S/C22H23N3O2/c1-4-22(2)13-15-8-5-6-11-18(15)20(19(22)14-23)25-21(26)24-16-9-7-10-17(12-16)27-3/h5-12H,4,13H2,1-3H3,(H2,24,25,26)/t22-/m1/s1. The van der Waals surface area contributed by atoms with Crippen molar-refractivity contribution in [1.82, 2.24) is 5.32 Å². The van der Waals surface area contributed by atoms with E-state index < -0.39 is 0 Å². The number of ether oxygens (including phenoxy) is 1. The highest BCUT2D eigenvalue weighted by Gasteiger charge is 2.36. The number of allylic oxidation sites excluding steroid dienone is 1. The smallest absolute Gasteiger partial charge is 0.323 e. The Morgan fingerprint density at radius 1 is 1.22 bits per heavy atom. The van der Waals surface area contributed by atoms with E-state index in [1.54, 1.807) is 25.3 Å². The summed E-state index contributed by atoms with van der Waals surface area (Å²) in [6.45, 7) is 4.14. The first-order valence-electron chi connectivity index (χ1n) is 8.96. The van der Waals surface area contributed by atoms with Crippen LogP contribution in [0.2, 0.25) is 0 Å². The van der Waals surface area contributed by atoms with Crippen LogP contribution in [0.3, 0.4) is 0 Å². The summed E-state index contributed by atoms with van der Waals surface area (Å²) in [5.41, 5.74) is 3.56. The van der Waals surface area contributed by atoms with Crippen LogP contribution in [0.15, 0.2) is 54.1 Å². The molecule has 0 bridgehead atoms. The monoisotopic (exact) mass is 361 g/mol. The van der Waals surface area contributed by atoms with Gasteiger partial charge in [-0.05, 0) is 30.5 Å². The Kier molecular flexibility index (Phi) is 5.18. The Morgan fingerprint density at radius 2 is 2.00 bits per heavy atom. The van der Waals surface area contributed by atoms with Crippen molar-refractivity contribution in [3.05, 3.63) is 65.2 Å². The quantitative estimate of drug-likeness (QED) is 0.827. The van der Waals surface area contributed by atoms with Crippen LogP contribution in [0.1, 0.15) is 31.4 Å². The number of urea groups is 1. The van der Waals surface area contributed by atoms with Crippen LogP contribution < -0.4 is 15.4 Å². The van der Waals surface area contributed by atoms with Crippen molar-refractivity contribution in [3.8, 4) is 11.8 Å². The van der Waals surface area contributed by atoms with Crippen molar-refractivity contribution in [2.75, 3.05) is 12.4 Å². The van der Waals surface area contributed by atoms with Gasteiger partial charge in [-0.15, -0.1) is 0 Å². The van der Waals surface area contributed by atoms with Crippen LogP contribution in [-0.4, -0.2) is 13.1 Å². The first kappa shape index (κ1) is 18.5. The molecule has 0 saturated carbocycles. The number of rotatable bonds is 4. The number of hydrogen-bond donors (Lipinski definition) is 2. The molecule has 2 aromatic carbocycles. The molecule has 2 amide bonds. The minimum Gasteiger partial charge on any atom is -0.497 e. The van der Waals surface area contributed by atoms with Crippen molar-refractivity contribution in [1.29, 1.82) is 5.26 Å². The van der Waals surface area contributed by atoms with Crippen LogP contribution in [0.25, 0.3) is 5.70 Å². The summed E-state index contributed by atoms with van der Waals surface area (Å²) in [6.07, 6.45) is 1.60. The van der Waals surface area contributed by atoms with E-state index in [4.69, 9.17) is 4.74 Å². The van der Waals surface area contributed by atoms with Crippen LogP contribution >= 0.6 is 0 Å². The summed E-state index contributed by atoms with van der Waals surface area (Å²) in [7, 11) is 1.58. The number of nitrogens with zero attached hydrogens (tertiary/aromatic N) is 1. The van der Waals surface area contributed by atoms with E-state index in [0.717, 1.165) is 24.0 Å². The van der Waals surface area contributed by atoms with Gasteiger partial charge in [0, 0.05) is 22.7 Å². The van der Waals surface area contributed by atoms with Crippen molar-refractivity contribution in [2.45, 2.75) is 26.7 Å². The molecule has 0 radical (unpaired) electrons. The maximum absolute atomic E-state index is 12.6. The first-order chi connectivity index (χ1) is 13.0. The number of hydrogen-bond acceptors (Lipinski definition) is 3. The van der Waals surface area contributed by atoms with Crippen LogP contribution in [0.4, 0.5) is 10.5 Å². The molecule has 5 nitrogen and oxygen atoms in total. The highest BCUT2D eigenvalue weighted by atomic mass is 16.5. The third-order valence-corrected chi connectivity index (χ3v) is 5.18. The molecular weight excluding hydrogens is 338 g/mol. The van der Waals surface area contributed by atoms with Gasteiger partial charge in [0.1, 0.15) is 5.75 Å². The van der Waals surface area contributed by atoms with Crippen molar-refractivity contribution < 1.29 is 9.53 Å².